The van der Waals surface area contributed by atoms with Crippen molar-refractivity contribution < 1.29 is 14.2 Å². The molecular formula is C11H18BrN3O3. The number of rotatable bonds is 9. The Morgan fingerprint density at radius 2 is 2.11 bits per heavy atom. The molecule has 0 amide bonds. The largest absolute Gasteiger partial charge is 0.474 e. The van der Waals surface area contributed by atoms with Crippen LogP contribution in [0, 0.1) is 0 Å². The molecule has 18 heavy (non-hydrogen) atoms. The summed E-state index contributed by atoms with van der Waals surface area (Å²) in [6.07, 6.45) is 2.53. The second-order valence-corrected chi connectivity index (χ2v) is 4.26. The van der Waals surface area contributed by atoms with Crippen molar-refractivity contribution in [2.24, 2.45) is 0 Å². The van der Waals surface area contributed by atoms with Crippen LogP contribution in [0.5, 0.6) is 5.88 Å². The lowest BCUT2D eigenvalue weighted by Crippen LogP contribution is -2.10. The first-order chi connectivity index (χ1) is 8.77. The Morgan fingerprint density at radius 3 is 2.83 bits per heavy atom. The number of hydrogen-bond acceptors (Lipinski definition) is 6. The van der Waals surface area contributed by atoms with Crippen LogP contribution in [0.1, 0.15) is 6.42 Å². The first kappa shape index (κ1) is 15.1. The summed E-state index contributed by atoms with van der Waals surface area (Å²) in [5, 5.41) is 2.85. The highest BCUT2D eigenvalue weighted by Crippen LogP contribution is 2.22. The second kappa shape index (κ2) is 9.07. The second-order valence-electron chi connectivity index (χ2n) is 3.40. The number of ether oxygens (including phenoxy) is 3. The third-order valence-electron chi connectivity index (χ3n) is 2.04. The molecule has 0 atom stereocenters. The van der Waals surface area contributed by atoms with Gasteiger partial charge in [0.15, 0.2) is 0 Å². The van der Waals surface area contributed by atoms with E-state index in [0.717, 1.165) is 10.9 Å². The average molecular weight is 320 g/mol. The van der Waals surface area contributed by atoms with Gasteiger partial charge in [0.1, 0.15) is 6.61 Å². The van der Waals surface area contributed by atoms with E-state index in [4.69, 9.17) is 14.2 Å². The summed E-state index contributed by atoms with van der Waals surface area (Å²) < 4.78 is 16.5. The Labute approximate surface area is 115 Å². The molecule has 0 aliphatic heterocycles. The first-order valence-electron chi connectivity index (χ1n) is 5.67. The van der Waals surface area contributed by atoms with E-state index < -0.39 is 0 Å². The summed E-state index contributed by atoms with van der Waals surface area (Å²) in [5.74, 6) is 1.03. The number of aromatic nitrogens is 2. The molecule has 1 aromatic heterocycles. The molecule has 1 rings (SSSR count). The summed E-state index contributed by atoms with van der Waals surface area (Å²) in [5.41, 5.74) is 0. The van der Waals surface area contributed by atoms with E-state index in [9.17, 15) is 0 Å². The van der Waals surface area contributed by atoms with Gasteiger partial charge >= 0.3 is 0 Å². The van der Waals surface area contributed by atoms with Crippen molar-refractivity contribution in [1.29, 1.82) is 0 Å². The van der Waals surface area contributed by atoms with Gasteiger partial charge in [0.05, 0.1) is 17.3 Å². The standard InChI is InChI=1S/C11H18BrN3O3/c1-13-11-14-8-9(12)10(15-11)18-7-6-17-5-3-4-16-2/h8H,3-7H2,1-2H3,(H,13,14,15). The quantitative estimate of drug-likeness (QED) is 0.699. The van der Waals surface area contributed by atoms with Gasteiger partial charge in [0.2, 0.25) is 11.8 Å². The van der Waals surface area contributed by atoms with E-state index in [2.05, 4.69) is 31.2 Å². The normalized spacial score (nSPS) is 10.4. The third kappa shape index (κ3) is 5.61. The molecule has 6 nitrogen and oxygen atoms in total. The lowest BCUT2D eigenvalue weighted by atomic mass is 10.5. The van der Waals surface area contributed by atoms with E-state index in [0.29, 0.717) is 38.3 Å². The minimum absolute atomic E-state index is 0.450. The summed E-state index contributed by atoms with van der Waals surface area (Å²) >= 11 is 3.33. The first-order valence-corrected chi connectivity index (χ1v) is 6.47. The van der Waals surface area contributed by atoms with Gasteiger partial charge in [-0.3, -0.25) is 0 Å². The molecule has 0 fully saturated rings. The fourth-order valence-electron chi connectivity index (χ4n) is 1.18. The maximum absolute atomic E-state index is 5.49. The molecule has 0 radical (unpaired) electrons. The van der Waals surface area contributed by atoms with Gasteiger partial charge in [0, 0.05) is 27.4 Å². The van der Waals surface area contributed by atoms with Gasteiger partial charge in [-0.15, -0.1) is 0 Å². The Balaban J connectivity index is 2.22. The predicted molar refractivity (Wildman–Crippen MR) is 72.1 cm³/mol. The van der Waals surface area contributed by atoms with Crippen LogP contribution in [-0.2, 0) is 9.47 Å². The maximum atomic E-state index is 5.49. The fourth-order valence-corrected chi connectivity index (χ4v) is 1.48. The van der Waals surface area contributed by atoms with E-state index in [1.165, 1.54) is 0 Å². The molecule has 1 aromatic rings. The van der Waals surface area contributed by atoms with Gasteiger partial charge in [-0.05, 0) is 22.4 Å². The zero-order valence-electron chi connectivity index (χ0n) is 10.6. The Hall–Kier alpha value is -0.920. The zero-order chi connectivity index (χ0) is 13.2. The topological polar surface area (TPSA) is 65.5 Å². The van der Waals surface area contributed by atoms with Gasteiger partial charge in [-0.25, -0.2) is 4.98 Å². The monoisotopic (exact) mass is 319 g/mol. The fraction of sp³-hybridized carbons (Fsp3) is 0.636. The number of nitrogens with zero attached hydrogens (tertiary/aromatic N) is 2. The van der Waals surface area contributed by atoms with Crippen molar-refractivity contribution in [1.82, 2.24) is 9.97 Å². The van der Waals surface area contributed by atoms with Crippen molar-refractivity contribution in [2.75, 3.05) is 45.9 Å². The SMILES string of the molecule is CNc1ncc(Br)c(OCCOCCCOC)n1. The smallest absolute Gasteiger partial charge is 0.232 e. The van der Waals surface area contributed by atoms with E-state index in [1.807, 2.05) is 0 Å². The summed E-state index contributed by atoms with van der Waals surface area (Å²) in [6.45, 7) is 2.36. The molecule has 0 saturated carbocycles. The Morgan fingerprint density at radius 1 is 1.28 bits per heavy atom. The molecular weight excluding hydrogens is 302 g/mol. The number of anilines is 1. The molecule has 0 spiro atoms. The van der Waals surface area contributed by atoms with Crippen molar-refractivity contribution in [3.63, 3.8) is 0 Å². The highest BCUT2D eigenvalue weighted by molar-refractivity contribution is 9.10. The highest BCUT2D eigenvalue weighted by Gasteiger charge is 2.05. The summed E-state index contributed by atoms with van der Waals surface area (Å²) in [7, 11) is 3.43. The molecule has 0 unspecified atom stereocenters. The van der Waals surface area contributed by atoms with Gasteiger partial charge in [0.25, 0.3) is 0 Å². The highest BCUT2D eigenvalue weighted by atomic mass is 79.9. The van der Waals surface area contributed by atoms with Crippen molar-refractivity contribution in [3.05, 3.63) is 10.7 Å². The van der Waals surface area contributed by atoms with Crippen molar-refractivity contribution in [3.8, 4) is 5.88 Å². The van der Waals surface area contributed by atoms with E-state index in [1.54, 1.807) is 20.4 Å². The number of hydrogen-bond donors (Lipinski definition) is 1. The Kier molecular flexibility index (Phi) is 7.63. The molecule has 0 saturated heterocycles. The van der Waals surface area contributed by atoms with E-state index in [-0.39, 0.29) is 0 Å². The lowest BCUT2D eigenvalue weighted by Gasteiger charge is -2.08. The Bertz CT molecular complexity index is 352. The molecule has 7 heteroatoms. The summed E-state index contributed by atoms with van der Waals surface area (Å²) in [6, 6.07) is 0. The van der Waals surface area contributed by atoms with Crippen molar-refractivity contribution >= 4 is 21.9 Å². The van der Waals surface area contributed by atoms with Crippen LogP contribution in [-0.4, -0.2) is 50.6 Å². The molecule has 0 aliphatic carbocycles. The van der Waals surface area contributed by atoms with E-state index >= 15 is 0 Å². The van der Waals surface area contributed by atoms with Gasteiger partial charge in [-0.1, -0.05) is 0 Å². The zero-order valence-corrected chi connectivity index (χ0v) is 12.2. The van der Waals surface area contributed by atoms with Crippen LogP contribution in [0.2, 0.25) is 0 Å². The molecule has 0 aliphatic rings. The molecule has 0 aromatic carbocycles. The maximum Gasteiger partial charge on any atom is 0.232 e. The van der Waals surface area contributed by atoms with Crippen LogP contribution in [0.4, 0.5) is 5.95 Å². The predicted octanol–water partition coefficient (Wildman–Crippen LogP) is 1.71. The van der Waals surface area contributed by atoms with Crippen LogP contribution >= 0.6 is 15.9 Å². The third-order valence-corrected chi connectivity index (χ3v) is 2.58. The van der Waals surface area contributed by atoms with Gasteiger partial charge < -0.3 is 19.5 Å². The molecule has 102 valence electrons. The number of nitrogens with one attached hydrogen (secondary N) is 1. The van der Waals surface area contributed by atoms with Crippen LogP contribution in [0.15, 0.2) is 10.7 Å². The minimum Gasteiger partial charge on any atom is -0.474 e. The van der Waals surface area contributed by atoms with Crippen molar-refractivity contribution in [2.45, 2.75) is 6.42 Å². The van der Waals surface area contributed by atoms with Gasteiger partial charge in [-0.2, -0.15) is 4.98 Å². The number of halogens is 1. The van der Waals surface area contributed by atoms with Crippen LogP contribution in [0.25, 0.3) is 0 Å². The van der Waals surface area contributed by atoms with Crippen LogP contribution in [0.3, 0.4) is 0 Å². The minimum atomic E-state index is 0.450. The average Bonchev–Trinajstić information content (AvgIpc) is 2.39. The lowest BCUT2D eigenvalue weighted by molar-refractivity contribution is 0.0793. The molecule has 1 heterocycles. The summed E-state index contributed by atoms with van der Waals surface area (Å²) in [4.78, 5) is 8.21. The van der Waals surface area contributed by atoms with Crippen LogP contribution < -0.4 is 10.1 Å². The molecule has 1 N–H and O–H groups in total. The number of methoxy groups -OCH3 is 1. The molecule has 0 bridgehead atoms.